The number of benzene rings is 1. The maximum atomic E-state index is 14.0. The predicted octanol–water partition coefficient (Wildman–Crippen LogP) is 3.58. The zero-order valence-electron chi connectivity index (χ0n) is 12.5. The summed E-state index contributed by atoms with van der Waals surface area (Å²) in [5, 5.41) is 3.08. The zero-order chi connectivity index (χ0) is 15.5. The standard InChI is InChI=1S/C14H18F4N2O.2ClH/c1-21-10-2-3-12(15)11(8-10)13(9-14(16,17)18)20-6-4-19-5-7-20;;/h2-3,8,13,19H,4-7,9H2,1H3;2*1H/t13-;;/m1../s1. The molecule has 0 bridgehead atoms. The van der Waals surface area contributed by atoms with Gasteiger partial charge in [0.2, 0.25) is 0 Å². The minimum absolute atomic E-state index is 0. The average molecular weight is 379 g/mol. The number of hydrogen-bond acceptors (Lipinski definition) is 3. The highest BCUT2D eigenvalue weighted by atomic mass is 35.5. The number of ether oxygens (including phenoxy) is 1. The SMILES string of the molecule is COc1ccc(F)c([C@@H](CC(F)(F)F)N2CCNCC2)c1.Cl.Cl. The molecule has 9 heteroatoms. The molecule has 2 rings (SSSR count). The van der Waals surface area contributed by atoms with Gasteiger partial charge in [0.25, 0.3) is 0 Å². The van der Waals surface area contributed by atoms with Crippen molar-refractivity contribution in [2.24, 2.45) is 0 Å². The number of piperazine rings is 1. The number of alkyl halides is 3. The summed E-state index contributed by atoms with van der Waals surface area (Å²) in [5.74, 6) is -0.280. The van der Waals surface area contributed by atoms with Crippen molar-refractivity contribution in [3.8, 4) is 5.75 Å². The van der Waals surface area contributed by atoms with E-state index in [1.165, 1.54) is 19.2 Å². The van der Waals surface area contributed by atoms with Crippen molar-refractivity contribution in [1.29, 1.82) is 0 Å². The third-order valence-corrected chi connectivity index (χ3v) is 3.58. The van der Waals surface area contributed by atoms with Crippen molar-refractivity contribution in [2.45, 2.75) is 18.6 Å². The first-order valence-corrected chi connectivity index (χ1v) is 6.75. The van der Waals surface area contributed by atoms with E-state index in [0.29, 0.717) is 31.9 Å². The highest BCUT2D eigenvalue weighted by Gasteiger charge is 2.37. The fourth-order valence-electron chi connectivity index (χ4n) is 2.55. The lowest BCUT2D eigenvalue weighted by molar-refractivity contribution is -0.149. The van der Waals surface area contributed by atoms with Gasteiger partial charge in [-0.05, 0) is 18.2 Å². The number of methoxy groups -OCH3 is 1. The summed E-state index contributed by atoms with van der Waals surface area (Å²) in [5.41, 5.74) is 0.0357. The lowest BCUT2D eigenvalue weighted by Crippen LogP contribution is -2.46. The number of nitrogens with zero attached hydrogens (tertiary/aromatic N) is 1. The first kappa shape index (κ1) is 22.2. The molecule has 1 fully saturated rings. The van der Waals surface area contributed by atoms with Gasteiger partial charge in [0.15, 0.2) is 0 Å². The van der Waals surface area contributed by atoms with Crippen LogP contribution in [0, 0.1) is 5.82 Å². The van der Waals surface area contributed by atoms with Gasteiger partial charge in [-0.1, -0.05) is 0 Å². The minimum Gasteiger partial charge on any atom is -0.497 e. The summed E-state index contributed by atoms with van der Waals surface area (Å²) in [7, 11) is 1.40. The maximum absolute atomic E-state index is 14.0. The van der Waals surface area contributed by atoms with Crippen LogP contribution in [-0.4, -0.2) is 44.4 Å². The molecule has 23 heavy (non-hydrogen) atoms. The molecular formula is C14H20Cl2F4N2O. The van der Waals surface area contributed by atoms with Crippen LogP contribution in [0.3, 0.4) is 0 Å². The van der Waals surface area contributed by atoms with Gasteiger partial charge in [0.05, 0.1) is 13.5 Å². The van der Waals surface area contributed by atoms with Crippen LogP contribution >= 0.6 is 24.8 Å². The van der Waals surface area contributed by atoms with Gasteiger partial charge in [0, 0.05) is 37.8 Å². The molecule has 0 aliphatic carbocycles. The smallest absolute Gasteiger partial charge is 0.390 e. The molecule has 1 N–H and O–H groups in total. The van der Waals surface area contributed by atoms with Crippen molar-refractivity contribution >= 4 is 24.8 Å². The second-order valence-electron chi connectivity index (χ2n) is 5.01. The predicted molar refractivity (Wildman–Crippen MR) is 85.3 cm³/mol. The Bertz CT molecular complexity index is 482. The third-order valence-electron chi connectivity index (χ3n) is 3.58. The molecule has 1 aliphatic rings. The van der Waals surface area contributed by atoms with Crippen LogP contribution < -0.4 is 10.1 Å². The maximum Gasteiger partial charge on any atom is 0.390 e. The van der Waals surface area contributed by atoms with Gasteiger partial charge in [0.1, 0.15) is 11.6 Å². The molecule has 1 aromatic rings. The Morgan fingerprint density at radius 2 is 1.83 bits per heavy atom. The molecule has 3 nitrogen and oxygen atoms in total. The van der Waals surface area contributed by atoms with Crippen LogP contribution in [0.2, 0.25) is 0 Å². The van der Waals surface area contributed by atoms with Crippen molar-refractivity contribution < 1.29 is 22.3 Å². The van der Waals surface area contributed by atoms with Crippen LogP contribution in [0.5, 0.6) is 5.75 Å². The van der Waals surface area contributed by atoms with Gasteiger partial charge in [-0.2, -0.15) is 13.2 Å². The second kappa shape index (κ2) is 9.52. The zero-order valence-corrected chi connectivity index (χ0v) is 14.2. The van der Waals surface area contributed by atoms with E-state index in [0.717, 1.165) is 6.07 Å². The molecule has 0 saturated carbocycles. The molecule has 1 atom stereocenters. The molecule has 1 aliphatic heterocycles. The highest BCUT2D eigenvalue weighted by Crippen LogP contribution is 2.36. The van der Waals surface area contributed by atoms with Crippen LogP contribution in [-0.2, 0) is 0 Å². The van der Waals surface area contributed by atoms with Gasteiger partial charge in [-0.15, -0.1) is 24.8 Å². The van der Waals surface area contributed by atoms with E-state index in [1.807, 2.05) is 0 Å². The van der Waals surface area contributed by atoms with E-state index in [4.69, 9.17) is 4.74 Å². The second-order valence-corrected chi connectivity index (χ2v) is 5.01. The van der Waals surface area contributed by atoms with E-state index in [1.54, 1.807) is 4.90 Å². The summed E-state index contributed by atoms with van der Waals surface area (Å²) in [6, 6.07) is 2.89. The van der Waals surface area contributed by atoms with Crippen LogP contribution in [0.15, 0.2) is 18.2 Å². The van der Waals surface area contributed by atoms with Gasteiger partial charge < -0.3 is 10.1 Å². The average Bonchev–Trinajstić information content (AvgIpc) is 2.45. The molecule has 1 heterocycles. The molecule has 134 valence electrons. The summed E-state index contributed by atoms with van der Waals surface area (Å²) in [6.45, 7) is 2.11. The lowest BCUT2D eigenvalue weighted by atomic mass is 10.00. The largest absolute Gasteiger partial charge is 0.497 e. The Hall–Kier alpha value is -0.760. The van der Waals surface area contributed by atoms with Crippen molar-refractivity contribution in [2.75, 3.05) is 33.3 Å². The van der Waals surface area contributed by atoms with Crippen molar-refractivity contribution in [1.82, 2.24) is 10.2 Å². The van der Waals surface area contributed by atoms with Gasteiger partial charge in [-0.3, -0.25) is 4.90 Å². The van der Waals surface area contributed by atoms with E-state index in [9.17, 15) is 17.6 Å². The van der Waals surface area contributed by atoms with E-state index in [-0.39, 0.29) is 30.4 Å². The fraction of sp³-hybridized carbons (Fsp3) is 0.571. The molecular weight excluding hydrogens is 359 g/mol. The van der Waals surface area contributed by atoms with Gasteiger partial charge >= 0.3 is 6.18 Å². The normalized spacial score (nSPS) is 16.9. The Kier molecular flexibility index (Phi) is 9.20. The summed E-state index contributed by atoms with van der Waals surface area (Å²) < 4.78 is 57.6. The van der Waals surface area contributed by atoms with Crippen molar-refractivity contribution in [3.05, 3.63) is 29.6 Å². The Morgan fingerprint density at radius 1 is 1.22 bits per heavy atom. The molecule has 1 saturated heterocycles. The molecule has 0 aromatic heterocycles. The highest BCUT2D eigenvalue weighted by molar-refractivity contribution is 5.85. The minimum atomic E-state index is -4.36. The Balaban J connectivity index is 0.00000242. The number of nitrogens with one attached hydrogen (secondary N) is 1. The third kappa shape index (κ3) is 6.33. The van der Waals surface area contributed by atoms with E-state index in [2.05, 4.69) is 5.32 Å². The van der Waals surface area contributed by atoms with E-state index >= 15 is 0 Å². The first-order valence-electron chi connectivity index (χ1n) is 6.75. The molecule has 0 spiro atoms. The fourth-order valence-corrected chi connectivity index (χ4v) is 2.55. The molecule has 0 amide bonds. The van der Waals surface area contributed by atoms with E-state index < -0.39 is 24.5 Å². The summed E-state index contributed by atoms with van der Waals surface area (Å²) in [4.78, 5) is 1.67. The monoisotopic (exact) mass is 378 g/mol. The molecule has 0 unspecified atom stereocenters. The number of rotatable bonds is 4. The number of halogens is 6. The quantitative estimate of drug-likeness (QED) is 0.810. The van der Waals surface area contributed by atoms with Crippen LogP contribution in [0.25, 0.3) is 0 Å². The van der Waals surface area contributed by atoms with Crippen LogP contribution in [0.4, 0.5) is 17.6 Å². The Morgan fingerprint density at radius 3 is 2.35 bits per heavy atom. The summed E-state index contributed by atoms with van der Waals surface area (Å²) >= 11 is 0. The topological polar surface area (TPSA) is 24.5 Å². The lowest BCUT2D eigenvalue weighted by Gasteiger charge is -2.35. The van der Waals surface area contributed by atoms with Crippen LogP contribution in [0.1, 0.15) is 18.0 Å². The first-order chi connectivity index (χ1) is 9.90. The van der Waals surface area contributed by atoms with Crippen molar-refractivity contribution in [3.63, 3.8) is 0 Å². The number of hydrogen-bond donors (Lipinski definition) is 1. The van der Waals surface area contributed by atoms with Gasteiger partial charge in [-0.25, -0.2) is 4.39 Å². The summed E-state index contributed by atoms with van der Waals surface area (Å²) in [6.07, 6.45) is -5.43. The molecule has 1 aromatic carbocycles. The molecule has 0 radical (unpaired) electrons. The Labute approximate surface area is 145 Å².